The van der Waals surface area contributed by atoms with E-state index in [0.717, 1.165) is 16.5 Å². The van der Waals surface area contributed by atoms with E-state index in [1.807, 2.05) is 47.8 Å². The largest absolute Gasteiger partial charge is 0.301 e. The molecule has 7 nitrogen and oxygen atoms in total. The van der Waals surface area contributed by atoms with Crippen LogP contribution in [0.15, 0.2) is 59.2 Å². The molecule has 1 N–H and O–H groups in total. The number of benzene rings is 2. The van der Waals surface area contributed by atoms with E-state index in [0.29, 0.717) is 10.3 Å². The van der Waals surface area contributed by atoms with Crippen molar-refractivity contribution in [1.29, 1.82) is 0 Å². The van der Waals surface area contributed by atoms with E-state index in [4.69, 9.17) is 0 Å². The molecule has 0 fully saturated rings. The number of rotatable bonds is 5. The summed E-state index contributed by atoms with van der Waals surface area (Å²) in [6, 6.07) is 14.0. The molecule has 0 radical (unpaired) electrons. The molecule has 0 atom stereocenters. The lowest BCUT2D eigenvalue weighted by molar-refractivity contribution is -0.113. The van der Waals surface area contributed by atoms with Crippen molar-refractivity contribution in [3.63, 3.8) is 0 Å². The third-order valence-corrected chi connectivity index (χ3v) is 5.05. The smallest absolute Gasteiger partial charge is 0.236 e. The molecule has 0 saturated heterocycles. The molecule has 1 amide bonds. The lowest BCUT2D eigenvalue weighted by Gasteiger charge is -2.07. The Bertz CT molecular complexity index is 1010. The van der Waals surface area contributed by atoms with Crippen LogP contribution in [0.2, 0.25) is 0 Å². The summed E-state index contributed by atoms with van der Waals surface area (Å²) in [7, 11) is 0. The Morgan fingerprint density at radius 2 is 2.08 bits per heavy atom. The minimum absolute atomic E-state index is 0.146. The van der Waals surface area contributed by atoms with Crippen LogP contribution < -0.4 is 5.32 Å². The number of thiazole rings is 1. The maximum absolute atomic E-state index is 12.0. The van der Waals surface area contributed by atoms with E-state index in [1.54, 1.807) is 10.9 Å². The zero-order valence-electron chi connectivity index (χ0n) is 12.9. The number of aromatic nitrogens is 5. The highest BCUT2D eigenvalue weighted by Gasteiger charge is 2.14. The molecule has 9 heteroatoms. The first kappa shape index (κ1) is 15.7. The van der Waals surface area contributed by atoms with Crippen molar-refractivity contribution in [2.24, 2.45) is 0 Å². The fourth-order valence-corrected chi connectivity index (χ4v) is 3.61. The Balaban J connectivity index is 1.55. The predicted octanol–water partition coefficient (Wildman–Crippen LogP) is 3.00. The highest BCUT2D eigenvalue weighted by Crippen LogP contribution is 2.25. The van der Waals surface area contributed by atoms with Crippen molar-refractivity contribution >= 4 is 44.9 Å². The second-order valence-corrected chi connectivity index (χ2v) is 6.88. The average molecular weight is 368 g/mol. The second-order valence-electron chi connectivity index (χ2n) is 5.05. The van der Waals surface area contributed by atoms with Gasteiger partial charge in [-0.1, -0.05) is 48.2 Å². The van der Waals surface area contributed by atoms with Gasteiger partial charge in [-0.2, -0.15) is 4.68 Å². The molecule has 2 aromatic carbocycles. The zero-order valence-corrected chi connectivity index (χ0v) is 14.5. The van der Waals surface area contributed by atoms with Gasteiger partial charge in [0.2, 0.25) is 11.1 Å². The first-order chi connectivity index (χ1) is 12.3. The SMILES string of the molecule is O=C(CSc1nnnn1-c1cccc2ccccc12)Nc1nccs1. The van der Waals surface area contributed by atoms with Crippen molar-refractivity contribution in [1.82, 2.24) is 25.2 Å². The standard InChI is InChI=1S/C16H12N6OS2/c23-14(18-15-17-8-9-24-15)10-25-16-19-20-21-22(16)13-7-3-5-11-4-1-2-6-12(11)13/h1-9H,10H2,(H,17,18,23). The molecule has 2 aromatic heterocycles. The number of hydrogen-bond acceptors (Lipinski definition) is 7. The molecule has 0 saturated carbocycles. The summed E-state index contributed by atoms with van der Waals surface area (Å²) in [4.78, 5) is 16.1. The number of fused-ring (bicyclic) bond motifs is 1. The number of carbonyl (C=O) groups excluding carboxylic acids is 1. The number of carbonyl (C=O) groups is 1. The van der Waals surface area contributed by atoms with Crippen molar-refractivity contribution in [3.8, 4) is 5.69 Å². The van der Waals surface area contributed by atoms with Crippen LogP contribution in [0.4, 0.5) is 5.13 Å². The molecule has 0 aliphatic carbocycles. The number of thioether (sulfide) groups is 1. The van der Waals surface area contributed by atoms with E-state index in [1.165, 1.54) is 23.1 Å². The Kier molecular flexibility index (Phi) is 4.40. The van der Waals surface area contributed by atoms with E-state index in [9.17, 15) is 4.79 Å². The molecule has 0 aliphatic heterocycles. The van der Waals surface area contributed by atoms with Gasteiger partial charge >= 0.3 is 0 Å². The quantitative estimate of drug-likeness (QED) is 0.545. The highest BCUT2D eigenvalue weighted by molar-refractivity contribution is 7.99. The monoisotopic (exact) mass is 368 g/mol. The minimum Gasteiger partial charge on any atom is -0.301 e. The van der Waals surface area contributed by atoms with Gasteiger partial charge in [-0.05, 0) is 21.9 Å². The van der Waals surface area contributed by atoms with Crippen LogP contribution in [0.5, 0.6) is 0 Å². The third kappa shape index (κ3) is 3.37. The zero-order chi connectivity index (χ0) is 17.1. The van der Waals surface area contributed by atoms with E-state index in [-0.39, 0.29) is 11.7 Å². The summed E-state index contributed by atoms with van der Waals surface area (Å²) in [6.07, 6.45) is 1.65. The molecule has 2 heterocycles. The number of tetrazole rings is 1. The summed E-state index contributed by atoms with van der Waals surface area (Å²) in [5, 5.41) is 19.7. The number of nitrogens with zero attached hydrogens (tertiary/aromatic N) is 5. The summed E-state index contributed by atoms with van der Waals surface area (Å²) in [6.45, 7) is 0. The van der Waals surface area contributed by atoms with E-state index >= 15 is 0 Å². The highest BCUT2D eigenvalue weighted by atomic mass is 32.2. The second kappa shape index (κ2) is 6.99. The Hall–Kier alpha value is -2.78. The molecule has 4 aromatic rings. The third-order valence-electron chi connectivity index (χ3n) is 3.45. The van der Waals surface area contributed by atoms with Gasteiger partial charge in [0.25, 0.3) is 0 Å². The summed E-state index contributed by atoms with van der Waals surface area (Å²) >= 11 is 2.66. The van der Waals surface area contributed by atoms with Gasteiger partial charge < -0.3 is 5.32 Å². The normalized spacial score (nSPS) is 10.9. The molecule has 0 unspecified atom stereocenters. The van der Waals surface area contributed by atoms with Gasteiger partial charge in [-0.3, -0.25) is 4.79 Å². The van der Waals surface area contributed by atoms with Gasteiger partial charge in [0.15, 0.2) is 5.13 Å². The number of nitrogens with one attached hydrogen (secondary N) is 1. The van der Waals surface area contributed by atoms with Crippen molar-refractivity contribution < 1.29 is 4.79 Å². The summed E-state index contributed by atoms with van der Waals surface area (Å²) in [5.74, 6) is 0.0532. The molecular weight excluding hydrogens is 356 g/mol. The van der Waals surface area contributed by atoms with Crippen LogP contribution in [0.25, 0.3) is 16.5 Å². The van der Waals surface area contributed by atoms with E-state index in [2.05, 4.69) is 25.8 Å². The van der Waals surface area contributed by atoms with Crippen LogP contribution in [0, 0.1) is 0 Å². The first-order valence-corrected chi connectivity index (χ1v) is 9.26. The minimum atomic E-state index is -0.146. The lowest BCUT2D eigenvalue weighted by Crippen LogP contribution is -2.14. The maximum atomic E-state index is 12.0. The molecule has 0 bridgehead atoms. The molecule has 25 heavy (non-hydrogen) atoms. The van der Waals surface area contributed by atoms with Crippen molar-refractivity contribution in [2.75, 3.05) is 11.1 Å². The van der Waals surface area contributed by atoms with Crippen LogP contribution >= 0.6 is 23.1 Å². The van der Waals surface area contributed by atoms with Crippen LogP contribution in [0.3, 0.4) is 0 Å². The first-order valence-electron chi connectivity index (χ1n) is 7.40. The summed E-state index contributed by atoms with van der Waals surface area (Å²) in [5.41, 5.74) is 0.880. The predicted molar refractivity (Wildman–Crippen MR) is 98.1 cm³/mol. The number of amides is 1. The average Bonchev–Trinajstić information content (AvgIpc) is 3.31. The van der Waals surface area contributed by atoms with Gasteiger partial charge in [-0.15, -0.1) is 16.4 Å². The number of hydrogen-bond donors (Lipinski definition) is 1. The van der Waals surface area contributed by atoms with E-state index < -0.39 is 0 Å². The fraction of sp³-hybridized carbons (Fsp3) is 0.0625. The Morgan fingerprint density at radius 1 is 1.20 bits per heavy atom. The van der Waals surface area contributed by atoms with Crippen molar-refractivity contribution in [3.05, 3.63) is 54.0 Å². The van der Waals surface area contributed by atoms with Crippen LogP contribution in [-0.2, 0) is 4.79 Å². The van der Waals surface area contributed by atoms with Crippen molar-refractivity contribution in [2.45, 2.75) is 5.16 Å². The summed E-state index contributed by atoms with van der Waals surface area (Å²) < 4.78 is 1.66. The van der Waals surface area contributed by atoms with Gasteiger partial charge in [-0.25, -0.2) is 4.98 Å². The molecule has 4 rings (SSSR count). The fourth-order valence-electron chi connectivity index (χ4n) is 2.38. The van der Waals surface area contributed by atoms with Crippen LogP contribution in [-0.4, -0.2) is 36.9 Å². The molecule has 0 aliphatic rings. The van der Waals surface area contributed by atoms with Crippen LogP contribution in [0.1, 0.15) is 0 Å². The molecule has 0 spiro atoms. The van der Waals surface area contributed by atoms with Gasteiger partial charge in [0.05, 0.1) is 11.4 Å². The van der Waals surface area contributed by atoms with Gasteiger partial charge in [0.1, 0.15) is 0 Å². The lowest BCUT2D eigenvalue weighted by atomic mass is 10.1. The number of anilines is 1. The van der Waals surface area contributed by atoms with Gasteiger partial charge in [0, 0.05) is 17.0 Å². The molecular formula is C16H12N6OS2. The topological polar surface area (TPSA) is 85.6 Å². The Labute approximate surface area is 151 Å². The maximum Gasteiger partial charge on any atom is 0.236 e. The molecule has 124 valence electrons. The Morgan fingerprint density at radius 3 is 2.96 bits per heavy atom.